The number of aryl methyl sites for hydroxylation is 3. The first-order chi connectivity index (χ1) is 20.1. The molecule has 0 saturated carbocycles. The van der Waals surface area contributed by atoms with Crippen molar-refractivity contribution in [1.29, 1.82) is 0 Å². The maximum Gasteiger partial charge on any atom is 0.305 e. The molecule has 7 nitrogen and oxygen atoms in total. The van der Waals surface area contributed by atoms with Crippen LogP contribution in [0.2, 0.25) is 0 Å². The van der Waals surface area contributed by atoms with Gasteiger partial charge in [0.15, 0.2) is 5.82 Å². The third-order valence-corrected chi connectivity index (χ3v) is 7.81. The summed E-state index contributed by atoms with van der Waals surface area (Å²) in [7, 11) is 3.77. The number of likely N-dealkylation sites (N-methyl/N-ethyl adjacent to an activating group) is 1. The standard InChI is InChI=1S/C34H43F2N3O4/c1-19(2)14-28(39-18-24(12-13-38(7)8)23(6)32(36)34(39)43)33(42)37-27(17-29(40)41)26-16-25(15-22(5)31(26)35)30-20(3)10-9-11-21(30)4/h9-11,15-16,18-19,27-28H,12-14,17H2,1-8H3,(H,37,42)(H,40,41). The number of pyridine rings is 1. The molecule has 0 aliphatic carbocycles. The van der Waals surface area contributed by atoms with Gasteiger partial charge in [0, 0.05) is 18.3 Å². The van der Waals surface area contributed by atoms with Gasteiger partial charge in [-0.1, -0.05) is 32.0 Å². The van der Waals surface area contributed by atoms with E-state index in [-0.39, 0.29) is 23.5 Å². The van der Waals surface area contributed by atoms with Gasteiger partial charge in [-0.15, -0.1) is 0 Å². The minimum Gasteiger partial charge on any atom is -0.481 e. The summed E-state index contributed by atoms with van der Waals surface area (Å²) >= 11 is 0. The lowest BCUT2D eigenvalue weighted by atomic mass is 9.90. The molecule has 1 amide bonds. The molecule has 0 aliphatic rings. The molecule has 0 spiro atoms. The topological polar surface area (TPSA) is 91.6 Å². The number of nitrogens with one attached hydrogen (secondary N) is 1. The molecule has 0 bridgehead atoms. The van der Waals surface area contributed by atoms with Crippen molar-refractivity contribution < 1.29 is 23.5 Å². The quantitative estimate of drug-likeness (QED) is 0.266. The second kappa shape index (κ2) is 14.1. The summed E-state index contributed by atoms with van der Waals surface area (Å²) in [6.45, 7) is 11.4. The third-order valence-electron chi connectivity index (χ3n) is 7.81. The van der Waals surface area contributed by atoms with Gasteiger partial charge in [-0.2, -0.15) is 0 Å². The van der Waals surface area contributed by atoms with Crippen LogP contribution in [0.3, 0.4) is 0 Å². The molecular weight excluding hydrogens is 552 g/mol. The molecule has 232 valence electrons. The molecule has 0 fully saturated rings. The monoisotopic (exact) mass is 595 g/mol. The van der Waals surface area contributed by atoms with Gasteiger partial charge in [-0.25, -0.2) is 8.78 Å². The highest BCUT2D eigenvalue weighted by atomic mass is 19.1. The number of nitrogens with zero attached hydrogens (tertiary/aromatic N) is 2. The van der Waals surface area contributed by atoms with Gasteiger partial charge in [-0.05, 0) is 112 Å². The van der Waals surface area contributed by atoms with Crippen LogP contribution in [0.1, 0.15) is 72.2 Å². The summed E-state index contributed by atoms with van der Waals surface area (Å²) in [4.78, 5) is 41.0. The SMILES string of the molecule is Cc1cc(-c2c(C)cccc2C)cc(C(CC(=O)O)NC(=O)C(CC(C)C)n2cc(CCN(C)C)c(C)c(F)c2=O)c1F. The molecule has 2 unspecified atom stereocenters. The average Bonchev–Trinajstić information content (AvgIpc) is 2.91. The Bertz CT molecular complexity index is 1540. The van der Waals surface area contributed by atoms with Crippen LogP contribution in [0.25, 0.3) is 11.1 Å². The highest BCUT2D eigenvalue weighted by molar-refractivity contribution is 5.82. The second-order valence-electron chi connectivity index (χ2n) is 12.1. The number of aliphatic carboxylic acids is 1. The van der Waals surface area contributed by atoms with Crippen molar-refractivity contribution in [2.45, 2.75) is 72.9 Å². The minimum absolute atomic E-state index is 0.0332. The predicted octanol–water partition coefficient (Wildman–Crippen LogP) is 6.05. The molecule has 0 radical (unpaired) electrons. The molecule has 1 heterocycles. The fraction of sp³-hybridized carbons (Fsp3) is 0.441. The average molecular weight is 596 g/mol. The van der Waals surface area contributed by atoms with Crippen LogP contribution in [0.15, 0.2) is 41.3 Å². The van der Waals surface area contributed by atoms with Crippen molar-refractivity contribution in [3.05, 3.63) is 91.9 Å². The van der Waals surface area contributed by atoms with E-state index >= 15 is 8.78 Å². The van der Waals surface area contributed by atoms with Crippen LogP contribution in [0.4, 0.5) is 8.78 Å². The second-order valence-corrected chi connectivity index (χ2v) is 12.1. The van der Waals surface area contributed by atoms with Gasteiger partial charge in [0.05, 0.1) is 12.5 Å². The lowest BCUT2D eigenvalue weighted by Gasteiger charge is -2.27. The molecule has 0 saturated heterocycles. The van der Waals surface area contributed by atoms with Crippen LogP contribution >= 0.6 is 0 Å². The van der Waals surface area contributed by atoms with Gasteiger partial charge >= 0.3 is 5.97 Å². The van der Waals surface area contributed by atoms with Gasteiger partial charge in [0.1, 0.15) is 11.9 Å². The van der Waals surface area contributed by atoms with Crippen molar-refractivity contribution in [3.63, 3.8) is 0 Å². The predicted molar refractivity (Wildman–Crippen MR) is 165 cm³/mol. The number of aromatic nitrogens is 1. The van der Waals surface area contributed by atoms with Gasteiger partial charge in [-0.3, -0.25) is 14.4 Å². The number of carbonyl (C=O) groups excluding carboxylic acids is 1. The number of carboxylic acid groups (broad SMARTS) is 1. The van der Waals surface area contributed by atoms with E-state index in [1.165, 1.54) is 6.20 Å². The van der Waals surface area contributed by atoms with E-state index < -0.39 is 47.6 Å². The maximum atomic E-state index is 15.7. The number of hydrogen-bond donors (Lipinski definition) is 2. The number of benzene rings is 2. The Morgan fingerprint density at radius 2 is 1.63 bits per heavy atom. The largest absolute Gasteiger partial charge is 0.481 e. The Hall–Kier alpha value is -3.85. The molecule has 2 N–H and O–H groups in total. The summed E-state index contributed by atoms with van der Waals surface area (Å²) in [5, 5.41) is 12.5. The fourth-order valence-electron chi connectivity index (χ4n) is 5.50. The molecule has 9 heteroatoms. The first-order valence-electron chi connectivity index (χ1n) is 14.6. The maximum absolute atomic E-state index is 15.7. The molecule has 0 aliphatic heterocycles. The Morgan fingerprint density at radius 1 is 1.00 bits per heavy atom. The van der Waals surface area contributed by atoms with E-state index in [0.29, 0.717) is 29.7 Å². The van der Waals surface area contributed by atoms with E-state index in [2.05, 4.69) is 5.32 Å². The fourth-order valence-corrected chi connectivity index (χ4v) is 5.50. The minimum atomic E-state index is -1.23. The number of halogens is 2. The summed E-state index contributed by atoms with van der Waals surface area (Å²) in [6.07, 6.45) is 1.59. The summed E-state index contributed by atoms with van der Waals surface area (Å²) in [6, 6.07) is 6.73. The van der Waals surface area contributed by atoms with Crippen molar-refractivity contribution >= 4 is 11.9 Å². The van der Waals surface area contributed by atoms with Crippen molar-refractivity contribution in [2.75, 3.05) is 20.6 Å². The zero-order chi connectivity index (χ0) is 32.2. The summed E-state index contributed by atoms with van der Waals surface area (Å²) < 4.78 is 32.0. The van der Waals surface area contributed by atoms with Crippen LogP contribution in [0.5, 0.6) is 0 Å². The highest BCUT2D eigenvalue weighted by Gasteiger charge is 2.30. The summed E-state index contributed by atoms with van der Waals surface area (Å²) in [5.41, 5.74) is 3.78. The smallest absolute Gasteiger partial charge is 0.305 e. The van der Waals surface area contributed by atoms with Gasteiger partial charge in [0.25, 0.3) is 5.56 Å². The first kappa shape index (κ1) is 33.6. The molecule has 2 aromatic carbocycles. The van der Waals surface area contributed by atoms with E-state index in [1.807, 2.05) is 64.9 Å². The Balaban J connectivity index is 2.12. The molecular formula is C34H43F2N3O4. The van der Waals surface area contributed by atoms with Crippen LogP contribution in [-0.4, -0.2) is 47.1 Å². The van der Waals surface area contributed by atoms with E-state index in [0.717, 1.165) is 21.3 Å². The van der Waals surface area contributed by atoms with E-state index in [1.54, 1.807) is 26.0 Å². The van der Waals surface area contributed by atoms with E-state index in [4.69, 9.17) is 0 Å². The normalized spacial score (nSPS) is 12.9. The summed E-state index contributed by atoms with van der Waals surface area (Å²) in [5.74, 6) is -3.53. The molecule has 1 aromatic heterocycles. The van der Waals surface area contributed by atoms with Gasteiger partial charge in [0.2, 0.25) is 5.91 Å². The van der Waals surface area contributed by atoms with Crippen molar-refractivity contribution in [3.8, 4) is 11.1 Å². The number of carboxylic acids is 1. The third kappa shape index (κ3) is 7.96. The number of carbonyl (C=O) groups is 2. The zero-order valence-electron chi connectivity index (χ0n) is 26.3. The van der Waals surface area contributed by atoms with Crippen LogP contribution in [-0.2, 0) is 16.0 Å². The number of rotatable bonds is 12. The van der Waals surface area contributed by atoms with Crippen molar-refractivity contribution in [2.24, 2.45) is 5.92 Å². The molecule has 43 heavy (non-hydrogen) atoms. The van der Waals surface area contributed by atoms with Crippen LogP contribution < -0.4 is 10.9 Å². The lowest BCUT2D eigenvalue weighted by molar-refractivity contribution is -0.138. The number of amides is 1. The Kier molecular flexibility index (Phi) is 11.0. The van der Waals surface area contributed by atoms with Gasteiger partial charge < -0.3 is 19.9 Å². The molecule has 3 rings (SSSR count). The number of hydrogen-bond acceptors (Lipinski definition) is 4. The first-order valence-corrected chi connectivity index (χ1v) is 14.6. The molecule has 2 atom stereocenters. The zero-order valence-corrected chi connectivity index (χ0v) is 26.3. The molecule has 3 aromatic rings. The Morgan fingerprint density at radius 3 is 2.19 bits per heavy atom. The highest BCUT2D eigenvalue weighted by Crippen LogP contribution is 2.33. The van der Waals surface area contributed by atoms with Crippen LogP contribution in [0, 0.1) is 45.2 Å². The Labute approximate surface area is 252 Å². The van der Waals surface area contributed by atoms with E-state index in [9.17, 15) is 19.5 Å². The lowest BCUT2D eigenvalue weighted by Crippen LogP contribution is -2.41. The van der Waals surface area contributed by atoms with Crippen molar-refractivity contribution in [1.82, 2.24) is 14.8 Å².